The zero-order valence-electron chi connectivity index (χ0n) is 15.6. The first kappa shape index (κ1) is 16.9. The molecule has 0 bridgehead atoms. The number of para-hydroxylation sites is 2. The van der Waals surface area contributed by atoms with Gasteiger partial charge >= 0.3 is 0 Å². The van der Waals surface area contributed by atoms with Crippen molar-refractivity contribution in [3.05, 3.63) is 35.7 Å². The Bertz CT molecular complexity index is 1070. The Kier molecular flexibility index (Phi) is 3.90. The number of nitrogens with one attached hydrogen (secondary N) is 1. The maximum atomic E-state index is 12.5. The van der Waals surface area contributed by atoms with Gasteiger partial charge in [-0.15, -0.1) is 0 Å². The topological polar surface area (TPSA) is 111 Å². The summed E-state index contributed by atoms with van der Waals surface area (Å²) in [7, 11) is 1.95. The minimum absolute atomic E-state index is 0.101. The molecule has 1 amide bonds. The van der Waals surface area contributed by atoms with Crippen molar-refractivity contribution >= 4 is 34.5 Å². The third-order valence-corrected chi connectivity index (χ3v) is 5.39. The van der Waals surface area contributed by atoms with Gasteiger partial charge in [0.25, 0.3) is 0 Å². The lowest BCUT2D eigenvalue weighted by molar-refractivity contribution is -0.116. The number of hydrogen-bond donors (Lipinski definition) is 2. The molecule has 3 N–H and O–H groups in total. The smallest absolute Gasteiger partial charge is 0.229 e. The minimum atomic E-state index is -0.292. The highest BCUT2D eigenvalue weighted by molar-refractivity contribution is 5.95. The van der Waals surface area contributed by atoms with Crippen LogP contribution >= 0.6 is 0 Å². The van der Waals surface area contributed by atoms with E-state index < -0.39 is 0 Å². The molecule has 3 aromatic rings. The van der Waals surface area contributed by atoms with E-state index in [1.807, 2.05) is 40.8 Å². The average Bonchev–Trinajstić information content (AvgIpc) is 3.04. The number of amides is 1. The van der Waals surface area contributed by atoms with Crippen LogP contribution in [0.5, 0.6) is 0 Å². The average molecular weight is 379 g/mol. The van der Waals surface area contributed by atoms with Gasteiger partial charge < -0.3 is 25.3 Å². The molecule has 28 heavy (non-hydrogen) atoms. The van der Waals surface area contributed by atoms with Crippen LogP contribution < -0.4 is 16.0 Å². The van der Waals surface area contributed by atoms with Crippen LogP contribution in [0, 0.1) is 0 Å². The number of morpholine rings is 1. The first-order chi connectivity index (χ1) is 13.6. The first-order valence-electron chi connectivity index (χ1n) is 9.33. The Morgan fingerprint density at radius 1 is 1.18 bits per heavy atom. The molecule has 4 heterocycles. The molecule has 5 rings (SSSR count). The van der Waals surface area contributed by atoms with Crippen molar-refractivity contribution in [1.82, 2.24) is 19.5 Å². The van der Waals surface area contributed by atoms with Crippen molar-refractivity contribution in [2.24, 2.45) is 7.05 Å². The minimum Gasteiger partial charge on any atom is -0.383 e. The molecule has 9 nitrogen and oxygen atoms in total. The van der Waals surface area contributed by atoms with Gasteiger partial charge in [0.1, 0.15) is 17.5 Å². The number of aryl methyl sites for hydroxylation is 1. The summed E-state index contributed by atoms with van der Waals surface area (Å²) >= 11 is 0. The van der Waals surface area contributed by atoms with Gasteiger partial charge in [-0.05, 0) is 12.1 Å². The molecule has 1 aromatic carbocycles. The quantitative estimate of drug-likeness (QED) is 0.689. The van der Waals surface area contributed by atoms with E-state index in [2.05, 4.69) is 15.3 Å². The van der Waals surface area contributed by atoms with Gasteiger partial charge in [-0.2, -0.15) is 9.97 Å². The molecule has 144 valence electrons. The number of imidazole rings is 1. The zero-order valence-corrected chi connectivity index (χ0v) is 15.6. The molecule has 1 saturated heterocycles. The Hall–Kier alpha value is -3.20. The third-order valence-electron chi connectivity index (χ3n) is 5.39. The number of nitrogens with two attached hydrogens (primary N) is 1. The summed E-state index contributed by atoms with van der Waals surface area (Å²) in [6.45, 7) is 2.63. The summed E-state index contributed by atoms with van der Waals surface area (Å²) in [5.41, 5.74) is 9.00. The first-order valence-corrected chi connectivity index (χ1v) is 9.33. The molecule has 0 spiro atoms. The van der Waals surface area contributed by atoms with Crippen LogP contribution in [0.2, 0.25) is 0 Å². The monoisotopic (exact) mass is 379 g/mol. The van der Waals surface area contributed by atoms with E-state index in [1.165, 1.54) is 0 Å². The van der Waals surface area contributed by atoms with Crippen molar-refractivity contribution < 1.29 is 9.53 Å². The molecule has 2 aliphatic rings. The van der Waals surface area contributed by atoms with Crippen molar-refractivity contribution in [2.45, 2.75) is 12.3 Å². The van der Waals surface area contributed by atoms with Gasteiger partial charge in [0.2, 0.25) is 11.9 Å². The van der Waals surface area contributed by atoms with Crippen LogP contribution in [0.1, 0.15) is 23.7 Å². The lowest BCUT2D eigenvalue weighted by atomic mass is 9.92. The largest absolute Gasteiger partial charge is 0.383 e. The molecule has 1 fully saturated rings. The Morgan fingerprint density at radius 2 is 1.96 bits per heavy atom. The van der Waals surface area contributed by atoms with Gasteiger partial charge in [-0.3, -0.25) is 4.79 Å². The fourth-order valence-electron chi connectivity index (χ4n) is 3.98. The SMILES string of the molecule is Cn1c(C2CC(=O)Nc3nc(N4CCOCC4)nc(N)c32)nc2ccccc21. The Morgan fingerprint density at radius 3 is 2.75 bits per heavy atom. The summed E-state index contributed by atoms with van der Waals surface area (Å²) in [5.74, 6) is 1.76. The molecule has 0 radical (unpaired) electrons. The van der Waals surface area contributed by atoms with Gasteiger partial charge in [0.15, 0.2) is 0 Å². The van der Waals surface area contributed by atoms with Gasteiger partial charge in [-0.1, -0.05) is 12.1 Å². The molecule has 9 heteroatoms. The van der Waals surface area contributed by atoms with E-state index in [9.17, 15) is 4.79 Å². The van der Waals surface area contributed by atoms with Gasteiger partial charge in [0.05, 0.1) is 30.2 Å². The zero-order chi connectivity index (χ0) is 19.3. The van der Waals surface area contributed by atoms with Crippen LogP contribution in [0.15, 0.2) is 24.3 Å². The van der Waals surface area contributed by atoms with Crippen LogP contribution in [0.3, 0.4) is 0 Å². The highest BCUT2D eigenvalue weighted by Gasteiger charge is 2.34. The van der Waals surface area contributed by atoms with Crippen molar-refractivity contribution in [3.8, 4) is 0 Å². The van der Waals surface area contributed by atoms with E-state index >= 15 is 0 Å². The van der Waals surface area contributed by atoms with E-state index in [1.54, 1.807) is 0 Å². The predicted molar refractivity (Wildman–Crippen MR) is 105 cm³/mol. The van der Waals surface area contributed by atoms with Crippen LogP contribution in [-0.4, -0.2) is 51.7 Å². The Labute approximate surface area is 161 Å². The normalized spacial score (nSPS) is 19.5. The number of nitrogens with zero attached hydrogens (tertiary/aromatic N) is 5. The number of carbonyl (C=O) groups is 1. The van der Waals surface area contributed by atoms with E-state index in [-0.39, 0.29) is 18.2 Å². The Balaban J connectivity index is 1.62. The summed E-state index contributed by atoms with van der Waals surface area (Å²) in [4.78, 5) is 28.4. The van der Waals surface area contributed by atoms with Crippen molar-refractivity contribution in [1.29, 1.82) is 0 Å². The highest BCUT2D eigenvalue weighted by Crippen LogP contribution is 2.40. The summed E-state index contributed by atoms with van der Waals surface area (Å²) < 4.78 is 7.40. The van der Waals surface area contributed by atoms with Crippen LogP contribution in [0.4, 0.5) is 17.6 Å². The maximum absolute atomic E-state index is 12.5. The second-order valence-corrected chi connectivity index (χ2v) is 7.09. The van der Waals surface area contributed by atoms with Crippen LogP contribution in [-0.2, 0) is 16.6 Å². The number of hydrogen-bond acceptors (Lipinski definition) is 7. The number of benzene rings is 1. The molecule has 2 aliphatic heterocycles. The number of fused-ring (bicyclic) bond motifs is 2. The maximum Gasteiger partial charge on any atom is 0.229 e. The summed E-state index contributed by atoms with van der Waals surface area (Å²) in [6, 6.07) is 7.90. The molecular formula is C19H21N7O2. The molecule has 2 aromatic heterocycles. The predicted octanol–water partition coefficient (Wildman–Crippen LogP) is 1.26. The van der Waals surface area contributed by atoms with Gasteiger partial charge in [-0.25, -0.2) is 4.98 Å². The fourth-order valence-corrected chi connectivity index (χ4v) is 3.98. The fraction of sp³-hybridized carbons (Fsp3) is 0.368. The number of carbonyl (C=O) groups excluding carboxylic acids is 1. The number of nitrogen functional groups attached to an aromatic ring is 1. The lowest BCUT2D eigenvalue weighted by Crippen LogP contribution is -2.38. The standard InChI is InChI=1S/C19H21N7O2/c1-25-13-5-3-2-4-12(13)21-18(25)11-10-14(27)22-17-15(11)16(20)23-19(24-17)26-6-8-28-9-7-26/h2-5,11H,6-10H2,1H3,(H3,20,22,23,24,27). The number of aromatic nitrogens is 4. The molecule has 1 unspecified atom stereocenters. The van der Waals surface area contributed by atoms with Crippen LogP contribution in [0.25, 0.3) is 11.0 Å². The molecule has 1 atom stereocenters. The summed E-state index contributed by atoms with van der Waals surface area (Å²) in [5, 5.41) is 2.87. The van der Waals surface area contributed by atoms with Crippen molar-refractivity contribution in [2.75, 3.05) is 42.3 Å². The molecule has 0 aliphatic carbocycles. The number of anilines is 3. The number of rotatable bonds is 2. The van der Waals surface area contributed by atoms with Gasteiger partial charge in [0, 0.05) is 32.1 Å². The molecular weight excluding hydrogens is 358 g/mol. The third kappa shape index (κ3) is 2.66. The second kappa shape index (κ2) is 6.45. The number of ether oxygens (including phenoxy) is 1. The van der Waals surface area contributed by atoms with E-state index in [0.717, 1.165) is 22.4 Å². The van der Waals surface area contributed by atoms with Crippen molar-refractivity contribution in [3.63, 3.8) is 0 Å². The van der Waals surface area contributed by atoms with E-state index in [0.29, 0.717) is 43.9 Å². The molecule has 0 saturated carbocycles. The lowest BCUT2D eigenvalue weighted by Gasteiger charge is -2.30. The second-order valence-electron chi connectivity index (χ2n) is 7.09. The van der Waals surface area contributed by atoms with E-state index in [4.69, 9.17) is 15.5 Å². The highest BCUT2D eigenvalue weighted by atomic mass is 16.5. The summed E-state index contributed by atoms with van der Waals surface area (Å²) in [6.07, 6.45) is 0.259.